The fraction of sp³-hybridized carbons (Fsp3) is 0.348. The van der Waals surface area contributed by atoms with Gasteiger partial charge in [0.15, 0.2) is 5.16 Å². The van der Waals surface area contributed by atoms with Crippen LogP contribution in [0.4, 0.5) is 0 Å². The van der Waals surface area contributed by atoms with E-state index in [4.69, 9.17) is 9.72 Å². The second-order valence-electron chi connectivity index (χ2n) is 7.49. The number of para-hydroxylation sites is 1. The first-order chi connectivity index (χ1) is 14.6. The van der Waals surface area contributed by atoms with Gasteiger partial charge >= 0.3 is 0 Å². The number of fused-ring (bicyclic) bond motifs is 1. The van der Waals surface area contributed by atoms with Crippen molar-refractivity contribution in [3.05, 3.63) is 70.5 Å². The number of carbonyl (C=O) groups excluding carboxylic acids is 1. The molecular formula is C23H25N3O3S. The number of hydrogen-bond donors (Lipinski definition) is 0. The number of carbonyl (C=O) groups is 1. The summed E-state index contributed by atoms with van der Waals surface area (Å²) in [4.78, 5) is 32.2. The van der Waals surface area contributed by atoms with Crippen molar-refractivity contribution in [2.45, 2.75) is 37.2 Å². The van der Waals surface area contributed by atoms with Crippen LogP contribution >= 0.6 is 11.8 Å². The lowest BCUT2D eigenvalue weighted by Crippen LogP contribution is -2.30. The van der Waals surface area contributed by atoms with Crippen LogP contribution in [0.5, 0.6) is 0 Å². The lowest BCUT2D eigenvalue weighted by Gasteiger charge is -2.19. The van der Waals surface area contributed by atoms with Crippen LogP contribution in [0.25, 0.3) is 10.9 Å². The Morgan fingerprint density at radius 1 is 1.20 bits per heavy atom. The topological polar surface area (TPSA) is 64.4 Å². The molecule has 0 radical (unpaired) electrons. The molecule has 1 atom stereocenters. The molecule has 0 bridgehead atoms. The van der Waals surface area contributed by atoms with Crippen molar-refractivity contribution < 1.29 is 9.53 Å². The van der Waals surface area contributed by atoms with E-state index in [-0.39, 0.29) is 23.3 Å². The smallest absolute Gasteiger partial charge is 0.262 e. The molecule has 0 aliphatic carbocycles. The standard InChI is InChI=1S/C23H25N3O3S/c1-25(14-17-8-3-2-4-9-17)21(27)16-30-23-24-20-12-6-5-11-19(20)22(28)26(23)15-18-10-7-13-29-18/h2-6,8-9,11-12,18H,7,10,13-16H2,1H3/t18-/m1/s1. The monoisotopic (exact) mass is 423 g/mol. The first-order valence-electron chi connectivity index (χ1n) is 10.1. The number of benzene rings is 2. The summed E-state index contributed by atoms with van der Waals surface area (Å²) in [6.45, 7) is 1.74. The third-order valence-corrected chi connectivity index (χ3v) is 6.21. The number of hydrogen-bond acceptors (Lipinski definition) is 5. The van der Waals surface area contributed by atoms with Crippen molar-refractivity contribution in [1.29, 1.82) is 0 Å². The summed E-state index contributed by atoms with van der Waals surface area (Å²) in [5, 5.41) is 1.16. The maximum absolute atomic E-state index is 13.1. The van der Waals surface area contributed by atoms with Crippen LogP contribution in [0.15, 0.2) is 64.5 Å². The predicted octanol–water partition coefficient (Wildman–Crippen LogP) is 3.33. The van der Waals surface area contributed by atoms with Gasteiger partial charge in [0.2, 0.25) is 5.91 Å². The van der Waals surface area contributed by atoms with Gasteiger partial charge in [0.1, 0.15) is 0 Å². The maximum atomic E-state index is 13.1. The van der Waals surface area contributed by atoms with Crippen LogP contribution in [0, 0.1) is 0 Å². The minimum Gasteiger partial charge on any atom is -0.376 e. The SMILES string of the molecule is CN(Cc1ccccc1)C(=O)CSc1nc2ccccc2c(=O)n1C[C@H]1CCCO1. The Morgan fingerprint density at radius 3 is 2.73 bits per heavy atom. The van der Waals surface area contributed by atoms with Crippen LogP contribution in [0.2, 0.25) is 0 Å². The van der Waals surface area contributed by atoms with Gasteiger partial charge in [0.25, 0.3) is 5.56 Å². The Hall–Kier alpha value is -2.64. The fourth-order valence-electron chi connectivity index (χ4n) is 3.59. The van der Waals surface area contributed by atoms with Crippen molar-refractivity contribution in [2.24, 2.45) is 0 Å². The molecule has 0 unspecified atom stereocenters. The van der Waals surface area contributed by atoms with E-state index in [1.165, 1.54) is 11.8 Å². The van der Waals surface area contributed by atoms with Crippen LogP contribution in [-0.2, 0) is 22.6 Å². The zero-order chi connectivity index (χ0) is 20.9. The largest absolute Gasteiger partial charge is 0.376 e. The molecule has 1 fully saturated rings. The van der Waals surface area contributed by atoms with Gasteiger partial charge in [0.05, 0.1) is 29.3 Å². The van der Waals surface area contributed by atoms with Gasteiger partial charge in [0, 0.05) is 20.2 Å². The minimum absolute atomic E-state index is 0.00470. The van der Waals surface area contributed by atoms with Crippen molar-refractivity contribution in [3.8, 4) is 0 Å². The molecule has 7 heteroatoms. The molecule has 1 aliphatic rings. The van der Waals surface area contributed by atoms with Gasteiger partial charge in [-0.1, -0.05) is 54.2 Å². The molecule has 0 spiro atoms. The molecule has 1 aromatic heterocycles. The summed E-state index contributed by atoms with van der Waals surface area (Å²) >= 11 is 1.31. The van der Waals surface area contributed by atoms with Crippen molar-refractivity contribution in [2.75, 3.05) is 19.4 Å². The normalized spacial score (nSPS) is 16.1. The van der Waals surface area contributed by atoms with Gasteiger partial charge in [-0.15, -0.1) is 0 Å². The Kier molecular flexibility index (Phi) is 6.50. The molecule has 0 N–H and O–H groups in total. The number of amides is 1. The number of aromatic nitrogens is 2. The molecule has 156 valence electrons. The highest BCUT2D eigenvalue weighted by Gasteiger charge is 2.21. The van der Waals surface area contributed by atoms with Gasteiger partial charge in [-0.2, -0.15) is 0 Å². The number of nitrogens with zero attached hydrogens (tertiary/aromatic N) is 3. The highest BCUT2D eigenvalue weighted by Crippen LogP contribution is 2.21. The third-order valence-electron chi connectivity index (χ3n) is 5.25. The van der Waals surface area contributed by atoms with E-state index >= 15 is 0 Å². The van der Waals surface area contributed by atoms with E-state index in [0.717, 1.165) is 25.0 Å². The molecule has 1 aliphatic heterocycles. The first-order valence-corrected chi connectivity index (χ1v) is 11.1. The van der Waals surface area contributed by atoms with Crippen molar-refractivity contribution in [3.63, 3.8) is 0 Å². The average Bonchev–Trinajstić information content (AvgIpc) is 3.28. The summed E-state index contributed by atoms with van der Waals surface area (Å²) in [6.07, 6.45) is 1.95. The van der Waals surface area contributed by atoms with Gasteiger partial charge < -0.3 is 9.64 Å². The summed E-state index contributed by atoms with van der Waals surface area (Å²) in [6, 6.07) is 17.2. The first kappa shape index (κ1) is 20.6. The Balaban J connectivity index is 1.53. The number of ether oxygens (including phenoxy) is 1. The lowest BCUT2D eigenvalue weighted by atomic mass is 10.2. The Labute approximate surface area is 179 Å². The van der Waals surface area contributed by atoms with Crippen LogP contribution < -0.4 is 5.56 Å². The molecule has 2 heterocycles. The highest BCUT2D eigenvalue weighted by atomic mass is 32.2. The Morgan fingerprint density at radius 2 is 1.97 bits per heavy atom. The van der Waals surface area contributed by atoms with Gasteiger partial charge in [-0.05, 0) is 30.5 Å². The van der Waals surface area contributed by atoms with E-state index < -0.39 is 0 Å². The molecule has 1 saturated heterocycles. The van der Waals surface area contributed by atoms with Crippen molar-refractivity contribution >= 4 is 28.6 Å². The van der Waals surface area contributed by atoms with E-state index in [1.807, 2.05) is 48.5 Å². The molecule has 4 rings (SSSR count). The molecule has 6 nitrogen and oxygen atoms in total. The zero-order valence-corrected chi connectivity index (χ0v) is 17.8. The molecule has 2 aromatic carbocycles. The van der Waals surface area contributed by atoms with Crippen LogP contribution in [0.3, 0.4) is 0 Å². The lowest BCUT2D eigenvalue weighted by molar-refractivity contribution is -0.127. The zero-order valence-electron chi connectivity index (χ0n) is 17.0. The number of rotatable bonds is 7. The second-order valence-corrected chi connectivity index (χ2v) is 8.43. The predicted molar refractivity (Wildman–Crippen MR) is 119 cm³/mol. The minimum atomic E-state index is -0.0799. The van der Waals surface area contributed by atoms with Crippen molar-refractivity contribution in [1.82, 2.24) is 14.5 Å². The van der Waals surface area contributed by atoms with E-state index in [2.05, 4.69) is 0 Å². The number of thioether (sulfide) groups is 1. The molecule has 3 aromatic rings. The molecule has 30 heavy (non-hydrogen) atoms. The average molecular weight is 424 g/mol. The Bertz CT molecular complexity index is 1080. The molecular weight excluding hydrogens is 398 g/mol. The summed E-state index contributed by atoms with van der Waals surface area (Å²) in [7, 11) is 1.79. The van der Waals surface area contributed by atoms with E-state index in [9.17, 15) is 9.59 Å². The highest BCUT2D eigenvalue weighted by molar-refractivity contribution is 7.99. The summed E-state index contributed by atoms with van der Waals surface area (Å²) < 4.78 is 7.41. The van der Waals surface area contributed by atoms with Gasteiger partial charge in [-0.25, -0.2) is 4.98 Å². The second kappa shape index (κ2) is 9.45. The third kappa shape index (κ3) is 4.74. The molecule has 1 amide bonds. The van der Waals surface area contributed by atoms with E-state index in [1.54, 1.807) is 22.6 Å². The molecule has 0 saturated carbocycles. The summed E-state index contributed by atoms with van der Waals surface area (Å²) in [5.74, 6) is 0.217. The van der Waals surface area contributed by atoms with E-state index in [0.29, 0.717) is 29.1 Å². The van der Waals surface area contributed by atoms with Gasteiger partial charge in [-0.3, -0.25) is 14.2 Å². The maximum Gasteiger partial charge on any atom is 0.262 e. The van der Waals surface area contributed by atoms with Crippen LogP contribution in [-0.4, -0.2) is 45.9 Å². The quantitative estimate of drug-likeness (QED) is 0.431. The summed E-state index contributed by atoms with van der Waals surface area (Å²) in [5.41, 5.74) is 1.65. The van der Waals surface area contributed by atoms with Crippen LogP contribution in [0.1, 0.15) is 18.4 Å². The fourth-order valence-corrected chi connectivity index (χ4v) is 4.54.